The van der Waals surface area contributed by atoms with Crippen LogP contribution >= 0.6 is 0 Å². The number of carboxylic acid groups (broad SMARTS) is 1. The number of amides is 2. The van der Waals surface area contributed by atoms with E-state index in [2.05, 4.69) is 24.5 Å². The number of rotatable bonds is 7. The average Bonchev–Trinajstić information content (AvgIpc) is 2.24. The van der Waals surface area contributed by atoms with E-state index in [4.69, 9.17) is 5.11 Å². The van der Waals surface area contributed by atoms with Gasteiger partial charge in [0.2, 0.25) is 0 Å². The van der Waals surface area contributed by atoms with Crippen molar-refractivity contribution in [3.05, 3.63) is 0 Å². The van der Waals surface area contributed by atoms with Crippen LogP contribution in [0.25, 0.3) is 0 Å². The number of hydrogen-bond acceptors (Lipinski definition) is 2. The minimum absolute atomic E-state index is 0.0345. The van der Waals surface area contributed by atoms with E-state index in [0.29, 0.717) is 18.9 Å². The predicted molar refractivity (Wildman–Crippen MR) is 62.3 cm³/mol. The van der Waals surface area contributed by atoms with Gasteiger partial charge in [-0.2, -0.15) is 0 Å². The summed E-state index contributed by atoms with van der Waals surface area (Å²) >= 11 is 0. The molecule has 94 valence electrons. The molecule has 0 aliphatic rings. The number of carbonyl (C=O) groups is 2. The van der Waals surface area contributed by atoms with Gasteiger partial charge in [0.25, 0.3) is 0 Å². The van der Waals surface area contributed by atoms with Gasteiger partial charge in [0.15, 0.2) is 0 Å². The molecule has 5 nitrogen and oxygen atoms in total. The molecule has 0 aromatic carbocycles. The number of aliphatic carboxylic acids is 1. The van der Waals surface area contributed by atoms with Crippen molar-refractivity contribution in [3.8, 4) is 0 Å². The molecule has 0 bridgehead atoms. The van der Waals surface area contributed by atoms with Gasteiger partial charge in [-0.05, 0) is 12.3 Å². The molecule has 0 saturated heterocycles. The van der Waals surface area contributed by atoms with Gasteiger partial charge in [-0.25, -0.2) is 4.79 Å². The summed E-state index contributed by atoms with van der Waals surface area (Å²) in [6.45, 7) is 6.58. The Kier molecular flexibility index (Phi) is 7.33. The number of nitrogens with one attached hydrogen (secondary N) is 2. The van der Waals surface area contributed by atoms with Crippen molar-refractivity contribution in [1.82, 2.24) is 10.6 Å². The maximum atomic E-state index is 11.4. The van der Waals surface area contributed by atoms with Crippen LogP contribution in [0.1, 0.15) is 40.0 Å². The van der Waals surface area contributed by atoms with Gasteiger partial charge in [0, 0.05) is 12.6 Å². The van der Waals surface area contributed by atoms with E-state index in [9.17, 15) is 9.59 Å². The van der Waals surface area contributed by atoms with Crippen LogP contribution in [0.4, 0.5) is 4.79 Å². The zero-order valence-corrected chi connectivity index (χ0v) is 10.2. The minimum atomic E-state index is -0.894. The Bertz CT molecular complexity index is 231. The average molecular weight is 230 g/mol. The van der Waals surface area contributed by atoms with Crippen molar-refractivity contribution in [3.63, 3.8) is 0 Å². The molecule has 2 amide bonds. The molecule has 3 N–H and O–H groups in total. The highest BCUT2D eigenvalue weighted by atomic mass is 16.4. The number of urea groups is 1. The molecule has 0 aliphatic carbocycles. The highest BCUT2D eigenvalue weighted by Crippen LogP contribution is 1.99. The molecule has 0 aromatic heterocycles. The molecule has 5 heteroatoms. The molecule has 0 radical (unpaired) electrons. The van der Waals surface area contributed by atoms with Crippen LogP contribution in [0, 0.1) is 5.92 Å². The van der Waals surface area contributed by atoms with Crippen LogP contribution in [-0.4, -0.2) is 29.7 Å². The number of carbonyl (C=O) groups excluding carboxylic acids is 1. The first-order chi connectivity index (χ1) is 7.49. The Morgan fingerprint density at radius 2 is 1.88 bits per heavy atom. The number of carboxylic acids is 1. The molecule has 0 spiro atoms. The Balaban J connectivity index is 3.87. The maximum Gasteiger partial charge on any atom is 0.315 e. The Hall–Kier alpha value is -1.26. The number of hydrogen-bond donors (Lipinski definition) is 3. The molecule has 0 rings (SSSR count). The lowest BCUT2D eigenvalue weighted by Crippen LogP contribution is -2.43. The second kappa shape index (κ2) is 7.96. The summed E-state index contributed by atoms with van der Waals surface area (Å²) in [7, 11) is 0. The van der Waals surface area contributed by atoms with Crippen molar-refractivity contribution in [2.75, 3.05) is 6.54 Å². The van der Waals surface area contributed by atoms with Crippen LogP contribution in [0.2, 0.25) is 0 Å². The first kappa shape index (κ1) is 14.7. The summed E-state index contributed by atoms with van der Waals surface area (Å²) in [5.74, 6) is -0.459. The minimum Gasteiger partial charge on any atom is -0.481 e. The second-order valence-corrected chi connectivity index (χ2v) is 4.07. The van der Waals surface area contributed by atoms with E-state index in [1.54, 1.807) is 0 Å². The molecule has 0 heterocycles. The fourth-order valence-corrected chi connectivity index (χ4v) is 1.16. The van der Waals surface area contributed by atoms with Crippen LogP contribution in [-0.2, 0) is 4.79 Å². The highest BCUT2D eigenvalue weighted by Gasteiger charge is 2.13. The molecular weight excluding hydrogens is 208 g/mol. The second-order valence-electron chi connectivity index (χ2n) is 4.07. The van der Waals surface area contributed by atoms with Gasteiger partial charge in [-0.15, -0.1) is 0 Å². The van der Waals surface area contributed by atoms with Crippen molar-refractivity contribution < 1.29 is 14.7 Å². The molecule has 2 atom stereocenters. The Morgan fingerprint density at radius 3 is 2.31 bits per heavy atom. The third-order valence-electron chi connectivity index (χ3n) is 2.56. The molecule has 0 aliphatic heterocycles. The third-order valence-corrected chi connectivity index (χ3v) is 2.56. The molecule has 0 fully saturated rings. The third kappa shape index (κ3) is 7.09. The standard InChI is InChI=1S/C11H22N2O3/c1-4-8(3)7-12-11(16)13-9(5-2)6-10(14)15/h8-9H,4-7H2,1-3H3,(H,14,15)(H2,12,13,16). The smallest absolute Gasteiger partial charge is 0.315 e. The van der Waals surface area contributed by atoms with E-state index >= 15 is 0 Å². The van der Waals surface area contributed by atoms with E-state index < -0.39 is 5.97 Å². The lowest BCUT2D eigenvalue weighted by molar-refractivity contribution is -0.137. The Morgan fingerprint density at radius 1 is 1.25 bits per heavy atom. The molecule has 0 aromatic rings. The van der Waals surface area contributed by atoms with Gasteiger partial charge in [0.1, 0.15) is 0 Å². The van der Waals surface area contributed by atoms with Gasteiger partial charge in [-0.3, -0.25) is 4.79 Å². The van der Waals surface area contributed by atoms with E-state index in [1.165, 1.54) is 0 Å². The quantitative estimate of drug-likeness (QED) is 0.621. The fourth-order valence-electron chi connectivity index (χ4n) is 1.16. The van der Waals surface area contributed by atoms with Crippen molar-refractivity contribution in [2.45, 2.75) is 46.1 Å². The van der Waals surface area contributed by atoms with Crippen molar-refractivity contribution in [1.29, 1.82) is 0 Å². The SMILES string of the molecule is CCC(C)CNC(=O)NC(CC)CC(=O)O. The summed E-state index contributed by atoms with van der Waals surface area (Å²) in [6, 6.07) is -0.581. The fraction of sp³-hybridized carbons (Fsp3) is 0.818. The van der Waals surface area contributed by atoms with E-state index in [1.807, 2.05) is 6.92 Å². The van der Waals surface area contributed by atoms with Crippen molar-refractivity contribution >= 4 is 12.0 Å². The predicted octanol–water partition coefficient (Wildman–Crippen LogP) is 1.58. The van der Waals surface area contributed by atoms with Gasteiger partial charge >= 0.3 is 12.0 Å². The first-order valence-electron chi connectivity index (χ1n) is 5.75. The topological polar surface area (TPSA) is 78.4 Å². The van der Waals surface area contributed by atoms with Crippen LogP contribution in [0.15, 0.2) is 0 Å². The summed E-state index contributed by atoms with van der Waals surface area (Å²) < 4.78 is 0. The maximum absolute atomic E-state index is 11.4. The largest absolute Gasteiger partial charge is 0.481 e. The molecule has 16 heavy (non-hydrogen) atoms. The van der Waals surface area contributed by atoms with Gasteiger partial charge < -0.3 is 15.7 Å². The lowest BCUT2D eigenvalue weighted by atomic mass is 10.1. The van der Waals surface area contributed by atoms with E-state index in [-0.39, 0.29) is 18.5 Å². The lowest BCUT2D eigenvalue weighted by Gasteiger charge is -2.16. The van der Waals surface area contributed by atoms with Gasteiger partial charge in [-0.1, -0.05) is 27.2 Å². The Labute approximate surface area is 96.6 Å². The molecule has 2 unspecified atom stereocenters. The van der Waals surface area contributed by atoms with Crippen LogP contribution in [0.5, 0.6) is 0 Å². The first-order valence-corrected chi connectivity index (χ1v) is 5.75. The zero-order chi connectivity index (χ0) is 12.6. The summed E-state index contributed by atoms with van der Waals surface area (Å²) in [5.41, 5.74) is 0. The zero-order valence-electron chi connectivity index (χ0n) is 10.2. The van der Waals surface area contributed by atoms with Gasteiger partial charge in [0.05, 0.1) is 6.42 Å². The molecule has 0 saturated carbocycles. The summed E-state index contributed by atoms with van der Waals surface area (Å²) in [4.78, 5) is 21.9. The molecular formula is C11H22N2O3. The summed E-state index contributed by atoms with van der Waals surface area (Å²) in [6.07, 6.45) is 1.59. The van der Waals surface area contributed by atoms with Crippen LogP contribution < -0.4 is 10.6 Å². The summed E-state index contributed by atoms with van der Waals surface area (Å²) in [5, 5.41) is 14.0. The van der Waals surface area contributed by atoms with Crippen molar-refractivity contribution in [2.24, 2.45) is 5.92 Å². The normalized spacial score (nSPS) is 13.9. The van der Waals surface area contributed by atoms with E-state index in [0.717, 1.165) is 6.42 Å². The monoisotopic (exact) mass is 230 g/mol. The highest BCUT2D eigenvalue weighted by molar-refractivity contribution is 5.75. The van der Waals surface area contributed by atoms with Crippen LogP contribution in [0.3, 0.4) is 0 Å².